The molecule has 2 N–H and O–H groups in total. The van der Waals surface area contributed by atoms with Crippen LogP contribution in [0.3, 0.4) is 0 Å². The number of hydrogen-bond donors (Lipinski definition) is 1. The highest BCUT2D eigenvalue weighted by atomic mass is 35.5. The largest absolute Gasteiger partial charge is 0.493 e. The van der Waals surface area contributed by atoms with Gasteiger partial charge in [0.2, 0.25) is 0 Å². The highest BCUT2D eigenvalue weighted by Crippen LogP contribution is 2.34. The van der Waals surface area contributed by atoms with Crippen molar-refractivity contribution in [2.24, 2.45) is 0 Å². The molecule has 0 radical (unpaired) electrons. The van der Waals surface area contributed by atoms with Gasteiger partial charge in [-0.05, 0) is 17.7 Å². The summed E-state index contributed by atoms with van der Waals surface area (Å²) in [7, 11) is 3.11. The molecule has 1 aromatic carbocycles. The number of halogens is 1. The van der Waals surface area contributed by atoms with E-state index in [1.807, 2.05) is 6.07 Å². The maximum absolute atomic E-state index is 5.72. The van der Waals surface area contributed by atoms with Gasteiger partial charge < -0.3 is 15.2 Å². The standard InChI is InChI=1S/C9H12ClNO2/c1-12-8-4-6(5-10)3-7(11)9(8)13-2/h3-4H,5,11H2,1-2H3. The Bertz CT molecular complexity index is 302. The average Bonchev–Trinajstić information content (AvgIpc) is 2.16. The minimum absolute atomic E-state index is 0.407. The van der Waals surface area contributed by atoms with Gasteiger partial charge in [-0.15, -0.1) is 11.6 Å². The molecular weight excluding hydrogens is 190 g/mol. The van der Waals surface area contributed by atoms with Crippen molar-refractivity contribution < 1.29 is 9.47 Å². The lowest BCUT2D eigenvalue weighted by Crippen LogP contribution is -1.97. The third-order valence-corrected chi connectivity index (χ3v) is 2.03. The molecule has 3 nitrogen and oxygen atoms in total. The van der Waals surface area contributed by atoms with E-state index in [0.717, 1.165) is 5.56 Å². The summed E-state index contributed by atoms with van der Waals surface area (Å²) >= 11 is 5.67. The molecule has 0 saturated carbocycles. The quantitative estimate of drug-likeness (QED) is 0.601. The van der Waals surface area contributed by atoms with Crippen molar-refractivity contribution >= 4 is 17.3 Å². The molecule has 4 heteroatoms. The molecule has 0 aromatic heterocycles. The third kappa shape index (κ3) is 1.98. The smallest absolute Gasteiger partial charge is 0.183 e. The van der Waals surface area contributed by atoms with Gasteiger partial charge in [0.15, 0.2) is 11.5 Å². The second-order valence-corrected chi connectivity index (χ2v) is 2.82. The predicted molar refractivity (Wildman–Crippen MR) is 53.5 cm³/mol. The van der Waals surface area contributed by atoms with E-state index in [2.05, 4.69) is 0 Å². The molecule has 1 rings (SSSR count). The first kappa shape index (κ1) is 9.99. The average molecular weight is 202 g/mol. The Balaban J connectivity index is 3.20. The van der Waals surface area contributed by atoms with E-state index in [0.29, 0.717) is 23.1 Å². The molecule has 13 heavy (non-hydrogen) atoms. The molecule has 0 heterocycles. The van der Waals surface area contributed by atoms with Crippen LogP contribution in [0.5, 0.6) is 11.5 Å². The van der Waals surface area contributed by atoms with Crippen LogP contribution in [0.15, 0.2) is 12.1 Å². The predicted octanol–water partition coefficient (Wildman–Crippen LogP) is 2.02. The zero-order valence-corrected chi connectivity index (χ0v) is 8.39. The van der Waals surface area contributed by atoms with Crippen LogP contribution < -0.4 is 15.2 Å². The van der Waals surface area contributed by atoms with Crippen LogP contribution in [0, 0.1) is 0 Å². The van der Waals surface area contributed by atoms with Crippen molar-refractivity contribution in [2.45, 2.75) is 5.88 Å². The first-order chi connectivity index (χ1) is 6.22. The van der Waals surface area contributed by atoms with Gasteiger partial charge >= 0.3 is 0 Å². The van der Waals surface area contributed by atoms with Crippen molar-refractivity contribution in [1.29, 1.82) is 0 Å². The second kappa shape index (κ2) is 4.23. The Labute approximate surface area is 82.4 Å². The molecule has 0 aliphatic rings. The Morgan fingerprint density at radius 3 is 2.46 bits per heavy atom. The number of methoxy groups -OCH3 is 2. The lowest BCUT2D eigenvalue weighted by molar-refractivity contribution is 0.356. The molecule has 0 fully saturated rings. The van der Waals surface area contributed by atoms with E-state index < -0.39 is 0 Å². The van der Waals surface area contributed by atoms with Crippen LogP contribution in [0.25, 0.3) is 0 Å². The van der Waals surface area contributed by atoms with Crippen molar-refractivity contribution in [3.05, 3.63) is 17.7 Å². The number of rotatable bonds is 3. The fraction of sp³-hybridized carbons (Fsp3) is 0.333. The second-order valence-electron chi connectivity index (χ2n) is 2.55. The van der Waals surface area contributed by atoms with Gasteiger partial charge in [0, 0.05) is 5.88 Å². The summed E-state index contributed by atoms with van der Waals surface area (Å²) in [4.78, 5) is 0. The van der Waals surface area contributed by atoms with E-state index in [1.165, 1.54) is 0 Å². The van der Waals surface area contributed by atoms with Gasteiger partial charge in [-0.2, -0.15) is 0 Å². The molecule has 0 aliphatic carbocycles. The van der Waals surface area contributed by atoms with Gasteiger partial charge in [0.25, 0.3) is 0 Å². The summed E-state index contributed by atoms with van der Waals surface area (Å²) in [6, 6.07) is 3.58. The SMILES string of the molecule is COc1cc(CCl)cc(N)c1OC. The minimum Gasteiger partial charge on any atom is -0.493 e. The van der Waals surface area contributed by atoms with E-state index in [9.17, 15) is 0 Å². The number of nitrogen functional groups attached to an aromatic ring is 1. The van der Waals surface area contributed by atoms with Crippen molar-refractivity contribution in [3.8, 4) is 11.5 Å². The van der Waals surface area contributed by atoms with E-state index >= 15 is 0 Å². The summed E-state index contributed by atoms with van der Waals surface area (Å²) in [6.45, 7) is 0. The van der Waals surface area contributed by atoms with Crippen LogP contribution in [-0.2, 0) is 5.88 Å². The molecular formula is C9H12ClNO2. The Morgan fingerprint density at radius 1 is 1.31 bits per heavy atom. The molecule has 0 bridgehead atoms. The number of hydrogen-bond acceptors (Lipinski definition) is 3. The van der Waals surface area contributed by atoms with Gasteiger partial charge in [-0.3, -0.25) is 0 Å². The Morgan fingerprint density at radius 2 is 2.00 bits per heavy atom. The summed E-state index contributed by atoms with van der Waals surface area (Å²) < 4.78 is 10.2. The highest BCUT2D eigenvalue weighted by Gasteiger charge is 2.08. The Hall–Kier alpha value is -1.09. The maximum atomic E-state index is 5.72. The first-order valence-electron chi connectivity index (χ1n) is 3.79. The number of nitrogens with two attached hydrogens (primary N) is 1. The lowest BCUT2D eigenvalue weighted by atomic mass is 10.2. The van der Waals surface area contributed by atoms with Crippen molar-refractivity contribution in [3.63, 3.8) is 0 Å². The summed E-state index contributed by atoms with van der Waals surface area (Å²) in [5.74, 6) is 1.57. The number of ether oxygens (including phenoxy) is 2. The number of alkyl halides is 1. The number of anilines is 1. The number of benzene rings is 1. The fourth-order valence-corrected chi connectivity index (χ4v) is 1.28. The zero-order valence-electron chi connectivity index (χ0n) is 7.63. The molecule has 0 amide bonds. The van der Waals surface area contributed by atoms with Crippen LogP contribution in [0.4, 0.5) is 5.69 Å². The molecule has 72 valence electrons. The van der Waals surface area contributed by atoms with Crippen LogP contribution in [0.1, 0.15) is 5.56 Å². The molecule has 1 aromatic rings. The molecule has 0 unspecified atom stereocenters. The van der Waals surface area contributed by atoms with Crippen molar-refractivity contribution in [1.82, 2.24) is 0 Å². The minimum atomic E-state index is 0.407. The monoisotopic (exact) mass is 201 g/mol. The zero-order chi connectivity index (χ0) is 9.84. The van der Waals surface area contributed by atoms with Crippen molar-refractivity contribution in [2.75, 3.05) is 20.0 Å². The first-order valence-corrected chi connectivity index (χ1v) is 4.32. The summed E-state index contributed by atoms with van der Waals surface area (Å²) in [5, 5.41) is 0. The highest BCUT2D eigenvalue weighted by molar-refractivity contribution is 6.17. The lowest BCUT2D eigenvalue weighted by Gasteiger charge is -2.11. The van der Waals surface area contributed by atoms with Gasteiger partial charge in [0.05, 0.1) is 19.9 Å². The maximum Gasteiger partial charge on any atom is 0.183 e. The topological polar surface area (TPSA) is 44.5 Å². The van der Waals surface area contributed by atoms with Gasteiger partial charge in [-0.1, -0.05) is 0 Å². The van der Waals surface area contributed by atoms with E-state index in [-0.39, 0.29) is 0 Å². The molecule has 0 saturated heterocycles. The fourth-order valence-electron chi connectivity index (χ4n) is 1.13. The summed E-state index contributed by atoms with van der Waals surface area (Å²) in [6.07, 6.45) is 0. The Kier molecular flexibility index (Phi) is 3.25. The van der Waals surface area contributed by atoms with Crippen LogP contribution >= 0.6 is 11.6 Å². The summed E-state index contributed by atoms with van der Waals surface area (Å²) in [5.41, 5.74) is 7.17. The molecule has 0 aliphatic heterocycles. The molecule has 0 atom stereocenters. The van der Waals surface area contributed by atoms with Gasteiger partial charge in [-0.25, -0.2) is 0 Å². The van der Waals surface area contributed by atoms with E-state index in [1.54, 1.807) is 20.3 Å². The third-order valence-electron chi connectivity index (χ3n) is 1.72. The normalized spacial score (nSPS) is 9.77. The molecule has 0 spiro atoms. The van der Waals surface area contributed by atoms with Crippen LogP contribution in [0.2, 0.25) is 0 Å². The van der Waals surface area contributed by atoms with Crippen LogP contribution in [-0.4, -0.2) is 14.2 Å². The van der Waals surface area contributed by atoms with E-state index in [4.69, 9.17) is 26.8 Å². The van der Waals surface area contributed by atoms with Gasteiger partial charge in [0.1, 0.15) is 0 Å².